The summed E-state index contributed by atoms with van der Waals surface area (Å²) in [6.45, 7) is 5.39. The van der Waals surface area contributed by atoms with E-state index < -0.39 is 0 Å². The van der Waals surface area contributed by atoms with Crippen LogP contribution >= 0.6 is 0 Å². The number of carbonyl (C=O) groups is 2. The van der Waals surface area contributed by atoms with E-state index in [4.69, 9.17) is 0 Å². The maximum absolute atomic E-state index is 12.8. The standard InChI is InChI=1S/C21H29N5O2/c1-3-4-5-6-11-26(21(28)19-16-23-17(2)13-24-19)12-9-20(27)25-15-18-8-7-10-22-14-18/h7-8,10,13-14,16H,3-6,9,11-12,15H2,1-2H3,(H,25,27). The molecule has 0 unspecified atom stereocenters. The van der Waals surface area contributed by atoms with E-state index in [0.29, 0.717) is 25.3 Å². The number of aryl methyl sites for hydroxylation is 1. The molecule has 28 heavy (non-hydrogen) atoms. The van der Waals surface area contributed by atoms with Crippen LogP contribution in [0.2, 0.25) is 0 Å². The van der Waals surface area contributed by atoms with E-state index in [1.165, 1.54) is 6.20 Å². The summed E-state index contributed by atoms with van der Waals surface area (Å²) in [6.07, 6.45) is 11.0. The fourth-order valence-electron chi connectivity index (χ4n) is 2.74. The summed E-state index contributed by atoms with van der Waals surface area (Å²) in [4.78, 5) is 39.1. The highest BCUT2D eigenvalue weighted by Gasteiger charge is 2.18. The van der Waals surface area contributed by atoms with Crippen LogP contribution in [0.3, 0.4) is 0 Å². The van der Waals surface area contributed by atoms with Crippen molar-refractivity contribution in [2.24, 2.45) is 0 Å². The molecule has 0 saturated carbocycles. The molecule has 1 N–H and O–H groups in total. The quantitative estimate of drug-likeness (QED) is 0.603. The summed E-state index contributed by atoms with van der Waals surface area (Å²) in [5.41, 5.74) is 2.02. The van der Waals surface area contributed by atoms with Gasteiger partial charge in [-0.2, -0.15) is 0 Å². The highest BCUT2D eigenvalue weighted by atomic mass is 16.2. The molecular weight excluding hydrogens is 354 g/mol. The van der Waals surface area contributed by atoms with Crippen molar-refractivity contribution in [3.05, 3.63) is 53.9 Å². The number of unbranched alkanes of at least 4 members (excludes halogenated alkanes) is 3. The number of nitrogens with one attached hydrogen (secondary N) is 1. The van der Waals surface area contributed by atoms with Crippen molar-refractivity contribution in [3.8, 4) is 0 Å². The molecule has 2 aromatic heterocycles. The van der Waals surface area contributed by atoms with E-state index in [0.717, 1.165) is 36.9 Å². The fraction of sp³-hybridized carbons (Fsp3) is 0.476. The van der Waals surface area contributed by atoms with Gasteiger partial charge in [-0.15, -0.1) is 0 Å². The zero-order valence-corrected chi connectivity index (χ0v) is 16.7. The molecule has 0 fully saturated rings. The van der Waals surface area contributed by atoms with E-state index >= 15 is 0 Å². The molecule has 0 aliphatic rings. The van der Waals surface area contributed by atoms with Gasteiger partial charge in [-0.1, -0.05) is 32.3 Å². The third-order valence-electron chi connectivity index (χ3n) is 4.39. The zero-order chi connectivity index (χ0) is 20.2. The largest absolute Gasteiger partial charge is 0.352 e. The number of hydrogen-bond acceptors (Lipinski definition) is 5. The molecule has 7 nitrogen and oxygen atoms in total. The molecule has 7 heteroatoms. The second-order valence-electron chi connectivity index (χ2n) is 6.78. The summed E-state index contributed by atoms with van der Waals surface area (Å²) in [5, 5.41) is 2.87. The Labute approximate surface area is 166 Å². The average Bonchev–Trinajstić information content (AvgIpc) is 2.72. The summed E-state index contributed by atoms with van der Waals surface area (Å²) >= 11 is 0. The first-order valence-electron chi connectivity index (χ1n) is 9.83. The number of hydrogen-bond donors (Lipinski definition) is 1. The van der Waals surface area contributed by atoms with Crippen LogP contribution in [0.1, 0.15) is 60.8 Å². The molecule has 0 spiro atoms. The first-order chi connectivity index (χ1) is 13.6. The Hall–Kier alpha value is -2.83. The van der Waals surface area contributed by atoms with Gasteiger partial charge in [-0.25, -0.2) is 4.98 Å². The average molecular weight is 383 g/mol. The molecule has 0 aliphatic carbocycles. The maximum atomic E-state index is 12.8. The molecule has 0 aliphatic heterocycles. The molecule has 2 rings (SSSR count). The van der Waals surface area contributed by atoms with Gasteiger partial charge in [0.25, 0.3) is 5.91 Å². The topological polar surface area (TPSA) is 88.1 Å². The van der Waals surface area contributed by atoms with Gasteiger partial charge in [0.05, 0.1) is 11.9 Å². The van der Waals surface area contributed by atoms with Crippen LogP contribution in [-0.4, -0.2) is 44.8 Å². The lowest BCUT2D eigenvalue weighted by Crippen LogP contribution is -2.36. The Kier molecular flexibility index (Phi) is 9.04. The van der Waals surface area contributed by atoms with Crippen molar-refractivity contribution in [1.29, 1.82) is 0 Å². The maximum Gasteiger partial charge on any atom is 0.274 e. The number of carbonyl (C=O) groups excluding carboxylic acids is 2. The molecule has 0 radical (unpaired) electrons. The minimum absolute atomic E-state index is 0.0924. The van der Waals surface area contributed by atoms with Gasteiger partial charge in [0, 0.05) is 44.6 Å². The van der Waals surface area contributed by atoms with Crippen molar-refractivity contribution in [2.75, 3.05) is 13.1 Å². The first-order valence-corrected chi connectivity index (χ1v) is 9.83. The predicted molar refractivity (Wildman–Crippen MR) is 108 cm³/mol. The van der Waals surface area contributed by atoms with E-state index in [2.05, 4.69) is 27.2 Å². The fourth-order valence-corrected chi connectivity index (χ4v) is 2.74. The second-order valence-corrected chi connectivity index (χ2v) is 6.78. The zero-order valence-electron chi connectivity index (χ0n) is 16.7. The molecular formula is C21H29N5O2. The lowest BCUT2D eigenvalue weighted by atomic mass is 10.2. The van der Waals surface area contributed by atoms with Crippen LogP contribution in [0.25, 0.3) is 0 Å². The predicted octanol–water partition coefficient (Wildman–Crippen LogP) is 2.91. The van der Waals surface area contributed by atoms with E-state index in [-0.39, 0.29) is 18.2 Å². The minimum Gasteiger partial charge on any atom is -0.352 e. The number of rotatable bonds is 11. The van der Waals surface area contributed by atoms with Crippen molar-refractivity contribution < 1.29 is 9.59 Å². The van der Waals surface area contributed by atoms with Gasteiger partial charge < -0.3 is 10.2 Å². The smallest absolute Gasteiger partial charge is 0.274 e. The van der Waals surface area contributed by atoms with Crippen molar-refractivity contribution in [2.45, 2.75) is 52.5 Å². The molecule has 0 bridgehead atoms. The number of amides is 2. The minimum atomic E-state index is -0.177. The molecule has 2 aromatic rings. The molecule has 0 saturated heterocycles. The number of aromatic nitrogens is 3. The lowest BCUT2D eigenvalue weighted by molar-refractivity contribution is -0.121. The Morgan fingerprint density at radius 1 is 1.07 bits per heavy atom. The Balaban J connectivity index is 1.89. The Morgan fingerprint density at radius 2 is 1.93 bits per heavy atom. The molecule has 150 valence electrons. The molecule has 0 aromatic carbocycles. The normalized spacial score (nSPS) is 10.5. The van der Waals surface area contributed by atoms with Gasteiger partial charge >= 0.3 is 0 Å². The van der Waals surface area contributed by atoms with Crippen LogP contribution in [0, 0.1) is 6.92 Å². The lowest BCUT2D eigenvalue weighted by Gasteiger charge is -2.22. The van der Waals surface area contributed by atoms with Gasteiger partial charge in [-0.05, 0) is 25.0 Å². The first kappa shape index (κ1) is 21.5. The van der Waals surface area contributed by atoms with Crippen LogP contribution in [0.4, 0.5) is 0 Å². The van der Waals surface area contributed by atoms with E-state index in [9.17, 15) is 9.59 Å². The second kappa shape index (κ2) is 11.8. The van der Waals surface area contributed by atoms with Gasteiger partial charge in [-0.3, -0.25) is 19.6 Å². The van der Waals surface area contributed by atoms with Crippen LogP contribution in [0.5, 0.6) is 0 Å². The van der Waals surface area contributed by atoms with Gasteiger partial charge in [0.15, 0.2) is 0 Å². The van der Waals surface area contributed by atoms with Crippen LogP contribution in [-0.2, 0) is 11.3 Å². The highest BCUT2D eigenvalue weighted by Crippen LogP contribution is 2.07. The molecule has 2 heterocycles. The van der Waals surface area contributed by atoms with Crippen LogP contribution in [0.15, 0.2) is 36.9 Å². The van der Waals surface area contributed by atoms with E-state index in [1.807, 2.05) is 19.1 Å². The Bertz CT molecular complexity index is 734. The van der Waals surface area contributed by atoms with Gasteiger partial charge in [0.2, 0.25) is 5.91 Å². The summed E-state index contributed by atoms with van der Waals surface area (Å²) in [5.74, 6) is -0.269. The van der Waals surface area contributed by atoms with E-state index in [1.54, 1.807) is 23.5 Å². The summed E-state index contributed by atoms with van der Waals surface area (Å²) in [7, 11) is 0. The van der Waals surface area contributed by atoms with Crippen molar-refractivity contribution in [1.82, 2.24) is 25.2 Å². The third-order valence-corrected chi connectivity index (χ3v) is 4.39. The Morgan fingerprint density at radius 3 is 2.61 bits per heavy atom. The number of nitrogens with zero attached hydrogens (tertiary/aromatic N) is 4. The monoisotopic (exact) mass is 383 g/mol. The summed E-state index contributed by atoms with van der Waals surface area (Å²) < 4.78 is 0. The SMILES string of the molecule is CCCCCCN(CCC(=O)NCc1cccnc1)C(=O)c1cnc(C)cn1. The number of pyridine rings is 1. The van der Waals surface area contributed by atoms with Crippen molar-refractivity contribution in [3.63, 3.8) is 0 Å². The summed E-state index contributed by atoms with van der Waals surface area (Å²) in [6, 6.07) is 3.74. The molecule has 0 atom stereocenters. The van der Waals surface area contributed by atoms with Crippen molar-refractivity contribution >= 4 is 11.8 Å². The third kappa shape index (κ3) is 7.42. The molecule has 2 amide bonds. The van der Waals surface area contributed by atoms with Gasteiger partial charge in [0.1, 0.15) is 5.69 Å². The van der Waals surface area contributed by atoms with Crippen LogP contribution < -0.4 is 5.32 Å². The highest BCUT2D eigenvalue weighted by molar-refractivity contribution is 5.92.